The smallest absolute Gasteiger partial charge is 0.0715 e. The molecule has 0 bridgehead atoms. The summed E-state index contributed by atoms with van der Waals surface area (Å²) in [5, 5.41) is 9.94. The number of aliphatic hydroxyl groups excluding tert-OH is 1. The van der Waals surface area contributed by atoms with E-state index in [1.54, 1.807) is 0 Å². The van der Waals surface area contributed by atoms with Gasteiger partial charge in [0.25, 0.3) is 0 Å². The Morgan fingerprint density at radius 3 is 2.64 bits per heavy atom. The number of β-amino-alcohol motifs (C(OH)–C–C–N with tert-alkyl or cyclic N) is 1. The molecule has 14 heavy (non-hydrogen) atoms. The molecule has 0 aliphatic carbocycles. The Hall–Kier alpha value is -0.120. The van der Waals surface area contributed by atoms with E-state index in [0.29, 0.717) is 6.04 Å². The van der Waals surface area contributed by atoms with Crippen molar-refractivity contribution in [3.63, 3.8) is 0 Å². The van der Waals surface area contributed by atoms with Crippen LogP contribution in [-0.4, -0.2) is 41.8 Å². The van der Waals surface area contributed by atoms with Crippen molar-refractivity contribution in [3.8, 4) is 0 Å². The molecule has 1 rings (SSSR count). The Kier molecular flexibility index (Phi) is 3.93. The van der Waals surface area contributed by atoms with Gasteiger partial charge >= 0.3 is 0 Å². The predicted octanol–water partition coefficient (Wildman–Crippen LogP) is 0.817. The molecule has 3 N–H and O–H groups in total. The molecule has 1 fully saturated rings. The van der Waals surface area contributed by atoms with E-state index in [2.05, 4.69) is 25.7 Å². The average molecular weight is 200 g/mol. The van der Waals surface area contributed by atoms with E-state index in [1.807, 2.05) is 0 Å². The van der Waals surface area contributed by atoms with Gasteiger partial charge in [-0.05, 0) is 24.8 Å². The van der Waals surface area contributed by atoms with Crippen molar-refractivity contribution in [2.75, 3.05) is 19.6 Å². The lowest BCUT2D eigenvalue weighted by Crippen LogP contribution is -2.47. The van der Waals surface area contributed by atoms with Crippen molar-refractivity contribution in [2.45, 2.75) is 45.8 Å². The van der Waals surface area contributed by atoms with Gasteiger partial charge in [-0.3, -0.25) is 4.90 Å². The van der Waals surface area contributed by atoms with Gasteiger partial charge in [-0.2, -0.15) is 0 Å². The maximum atomic E-state index is 9.94. The highest BCUT2D eigenvalue weighted by Gasteiger charge is 2.26. The summed E-state index contributed by atoms with van der Waals surface area (Å²) in [4.78, 5) is 2.28. The van der Waals surface area contributed by atoms with Crippen molar-refractivity contribution < 1.29 is 5.11 Å². The summed E-state index contributed by atoms with van der Waals surface area (Å²) in [6.07, 6.45) is 2.04. The average Bonchev–Trinajstić information content (AvgIpc) is 2.02. The summed E-state index contributed by atoms with van der Waals surface area (Å²) in [5.74, 6) is 0. The SMILES string of the molecule is CC(C)(C)C(O)CN1CCCC(N)C1. The number of piperidine rings is 1. The van der Waals surface area contributed by atoms with Crippen LogP contribution in [0.4, 0.5) is 0 Å². The first-order chi connectivity index (χ1) is 6.39. The van der Waals surface area contributed by atoms with Crippen molar-refractivity contribution in [1.82, 2.24) is 4.90 Å². The van der Waals surface area contributed by atoms with Crippen LogP contribution in [-0.2, 0) is 0 Å². The van der Waals surface area contributed by atoms with Crippen LogP contribution in [0.15, 0.2) is 0 Å². The van der Waals surface area contributed by atoms with Crippen molar-refractivity contribution >= 4 is 0 Å². The lowest BCUT2D eigenvalue weighted by atomic mass is 9.88. The Bertz CT molecular complexity index is 177. The van der Waals surface area contributed by atoms with Gasteiger partial charge in [-0.15, -0.1) is 0 Å². The first kappa shape index (κ1) is 12.0. The monoisotopic (exact) mass is 200 g/mol. The normalized spacial score (nSPS) is 27.6. The topological polar surface area (TPSA) is 49.5 Å². The summed E-state index contributed by atoms with van der Waals surface area (Å²) in [6.45, 7) is 9.00. The zero-order chi connectivity index (χ0) is 10.8. The van der Waals surface area contributed by atoms with Gasteiger partial charge in [-0.25, -0.2) is 0 Å². The summed E-state index contributed by atoms with van der Waals surface area (Å²) in [6, 6.07) is 0.302. The van der Waals surface area contributed by atoms with Crippen molar-refractivity contribution in [1.29, 1.82) is 0 Å². The van der Waals surface area contributed by atoms with E-state index in [-0.39, 0.29) is 11.5 Å². The first-order valence-corrected chi connectivity index (χ1v) is 5.55. The Morgan fingerprint density at radius 1 is 1.50 bits per heavy atom. The maximum Gasteiger partial charge on any atom is 0.0715 e. The molecule has 1 aliphatic rings. The Labute approximate surface area is 87.3 Å². The molecule has 3 heteroatoms. The number of nitrogens with zero attached hydrogens (tertiary/aromatic N) is 1. The number of hydrogen-bond acceptors (Lipinski definition) is 3. The van der Waals surface area contributed by atoms with Gasteiger partial charge < -0.3 is 10.8 Å². The number of aliphatic hydroxyl groups is 1. The number of hydrogen-bond donors (Lipinski definition) is 2. The largest absolute Gasteiger partial charge is 0.391 e. The van der Waals surface area contributed by atoms with Gasteiger partial charge in [0, 0.05) is 19.1 Å². The fourth-order valence-corrected chi connectivity index (χ4v) is 1.78. The summed E-state index contributed by atoms with van der Waals surface area (Å²) >= 11 is 0. The summed E-state index contributed by atoms with van der Waals surface area (Å²) in [7, 11) is 0. The maximum absolute atomic E-state index is 9.94. The van der Waals surface area contributed by atoms with Gasteiger partial charge in [-0.1, -0.05) is 20.8 Å². The van der Waals surface area contributed by atoms with E-state index < -0.39 is 0 Å². The quantitative estimate of drug-likeness (QED) is 0.694. The van der Waals surface area contributed by atoms with Gasteiger partial charge in [0.05, 0.1) is 6.10 Å². The van der Waals surface area contributed by atoms with Crippen molar-refractivity contribution in [3.05, 3.63) is 0 Å². The molecule has 84 valence electrons. The van der Waals surface area contributed by atoms with Gasteiger partial charge in [0.2, 0.25) is 0 Å². The van der Waals surface area contributed by atoms with E-state index in [4.69, 9.17) is 5.73 Å². The molecule has 0 aromatic carbocycles. The predicted molar refractivity (Wildman–Crippen MR) is 59.1 cm³/mol. The molecule has 0 radical (unpaired) electrons. The molecule has 0 aromatic rings. The second kappa shape index (κ2) is 4.60. The minimum Gasteiger partial charge on any atom is -0.391 e. The van der Waals surface area contributed by atoms with Crippen LogP contribution >= 0.6 is 0 Å². The minimum atomic E-state index is -0.257. The van der Waals surface area contributed by atoms with Crippen LogP contribution in [0.25, 0.3) is 0 Å². The number of nitrogens with two attached hydrogens (primary N) is 1. The van der Waals surface area contributed by atoms with Crippen LogP contribution in [0.2, 0.25) is 0 Å². The lowest BCUT2D eigenvalue weighted by Gasteiger charge is -2.35. The van der Waals surface area contributed by atoms with Gasteiger partial charge in [0.15, 0.2) is 0 Å². The fraction of sp³-hybridized carbons (Fsp3) is 1.00. The van der Waals surface area contributed by atoms with Crippen LogP contribution < -0.4 is 5.73 Å². The first-order valence-electron chi connectivity index (χ1n) is 5.55. The van der Waals surface area contributed by atoms with Crippen LogP contribution in [0.3, 0.4) is 0 Å². The second-order valence-electron chi connectivity index (χ2n) is 5.54. The van der Waals surface area contributed by atoms with Crippen LogP contribution in [0.5, 0.6) is 0 Å². The van der Waals surface area contributed by atoms with Crippen LogP contribution in [0.1, 0.15) is 33.6 Å². The highest BCUT2D eigenvalue weighted by molar-refractivity contribution is 4.81. The molecule has 1 saturated heterocycles. The number of rotatable bonds is 2. The highest BCUT2D eigenvalue weighted by Crippen LogP contribution is 2.21. The zero-order valence-electron chi connectivity index (χ0n) is 9.66. The molecular weight excluding hydrogens is 176 g/mol. The minimum absolute atomic E-state index is 0.0262. The molecule has 2 unspecified atom stereocenters. The standard InChI is InChI=1S/C11H24N2O/c1-11(2,3)10(14)8-13-6-4-5-9(12)7-13/h9-10,14H,4-8,12H2,1-3H3. The third-order valence-corrected chi connectivity index (χ3v) is 2.97. The third kappa shape index (κ3) is 3.56. The van der Waals surface area contributed by atoms with Crippen LogP contribution in [0, 0.1) is 5.41 Å². The zero-order valence-corrected chi connectivity index (χ0v) is 9.66. The molecule has 0 aromatic heterocycles. The van der Waals surface area contributed by atoms with E-state index in [1.165, 1.54) is 0 Å². The Balaban J connectivity index is 2.36. The van der Waals surface area contributed by atoms with E-state index in [9.17, 15) is 5.11 Å². The Morgan fingerprint density at radius 2 is 2.14 bits per heavy atom. The molecule has 0 saturated carbocycles. The summed E-state index contributed by atoms with van der Waals surface area (Å²) < 4.78 is 0. The molecule has 1 aliphatic heterocycles. The number of likely N-dealkylation sites (tertiary alicyclic amines) is 1. The summed E-state index contributed by atoms with van der Waals surface area (Å²) in [5.41, 5.74) is 5.86. The molecule has 2 atom stereocenters. The molecule has 3 nitrogen and oxygen atoms in total. The highest BCUT2D eigenvalue weighted by atomic mass is 16.3. The fourth-order valence-electron chi connectivity index (χ4n) is 1.78. The molecule has 0 spiro atoms. The van der Waals surface area contributed by atoms with E-state index >= 15 is 0 Å². The molecule has 0 amide bonds. The molecular formula is C11H24N2O. The second-order valence-corrected chi connectivity index (χ2v) is 5.54. The van der Waals surface area contributed by atoms with Gasteiger partial charge in [0.1, 0.15) is 0 Å². The van der Waals surface area contributed by atoms with Crippen molar-refractivity contribution in [2.24, 2.45) is 11.1 Å². The lowest BCUT2D eigenvalue weighted by molar-refractivity contribution is 0.0214. The molecule has 1 heterocycles. The van der Waals surface area contributed by atoms with E-state index in [0.717, 1.165) is 32.5 Å². The third-order valence-electron chi connectivity index (χ3n) is 2.97.